The molecule has 0 bridgehead atoms. The molecule has 136 valence electrons. The van der Waals surface area contributed by atoms with Gasteiger partial charge in [0, 0.05) is 11.6 Å². The van der Waals surface area contributed by atoms with Gasteiger partial charge in [0.2, 0.25) is 5.89 Å². The zero-order chi connectivity index (χ0) is 18.8. The number of aryl methyl sites for hydroxylation is 2. The van der Waals surface area contributed by atoms with Crippen LogP contribution in [-0.2, 0) is 6.61 Å². The number of nitrogens with zero attached hydrogens (tertiary/aromatic N) is 1. The summed E-state index contributed by atoms with van der Waals surface area (Å²) >= 11 is 0. The molecule has 4 aromatic rings. The summed E-state index contributed by atoms with van der Waals surface area (Å²) in [5.74, 6) is 2.24. The van der Waals surface area contributed by atoms with Gasteiger partial charge in [0.05, 0.1) is 7.11 Å². The second-order valence-electron chi connectivity index (χ2n) is 6.60. The van der Waals surface area contributed by atoms with E-state index in [1.54, 1.807) is 7.11 Å². The van der Waals surface area contributed by atoms with Gasteiger partial charge in [-0.3, -0.25) is 0 Å². The number of benzene rings is 3. The predicted octanol–water partition coefficient (Wildman–Crippen LogP) is 5.70. The third-order valence-corrected chi connectivity index (χ3v) is 4.57. The van der Waals surface area contributed by atoms with Gasteiger partial charge in [-0.2, -0.15) is 0 Å². The highest BCUT2D eigenvalue weighted by Gasteiger charge is 2.10. The fourth-order valence-corrected chi connectivity index (χ4v) is 3.02. The number of hydrogen-bond acceptors (Lipinski definition) is 4. The Balaban J connectivity index is 1.55. The van der Waals surface area contributed by atoms with Crippen LogP contribution in [0.5, 0.6) is 11.5 Å². The molecule has 0 aliphatic carbocycles. The van der Waals surface area contributed by atoms with Crippen LogP contribution in [-0.4, -0.2) is 12.1 Å². The summed E-state index contributed by atoms with van der Waals surface area (Å²) < 4.78 is 17.1. The average molecular weight is 359 g/mol. The van der Waals surface area contributed by atoms with E-state index >= 15 is 0 Å². The van der Waals surface area contributed by atoms with E-state index in [0.29, 0.717) is 12.5 Å². The highest BCUT2D eigenvalue weighted by molar-refractivity contribution is 5.77. The number of ether oxygens (including phenoxy) is 2. The Labute approximate surface area is 158 Å². The SMILES string of the molecule is COc1ccc(COc2ccc3oc(-c4cccc(C)c4)nc3c2)c(C)c1. The molecule has 4 rings (SSSR count). The van der Waals surface area contributed by atoms with E-state index in [2.05, 4.69) is 31.0 Å². The monoisotopic (exact) mass is 359 g/mol. The van der Waals surface area contributed by atoms with Crippen LogP contribution in [0.4, 0.5) is 0 Å². The van der Waals surface area contributed by atoms with E-state index in [-0.39, 0.29) is 0 Å². The van der Waals surface area contributed by atoms with Gasteiger partial charge in [-0.15, -0.1) is 0 Å². The molecule has 0 aliphatic rings. The molecule has 0 amide bonds. The summed E-state index contributed by atoms with van der Waals surface area (Å²) in [5, 5.41) is 0. The zero-order valence-corrected chi connectivity index (χ0v) is 15.7. The van der Waals surface area contributed by atoms with E-state index in [1.165, 1.54) is 5.56 Å². The van der Waals surface area contributed by atoms with E-state index < -0.39 is 0 Å². The molecule has 0 unspecified atom stereocenters. The van der Waals surface area contributed by atoms with Crippen LogP contribution >= 0.6 is 0 Å². The number of rotatable bonds is 5. The molecule has 0 radical (unpaired) electrons. The Morgan fingerprint density at radius 1 is 0.926 bits per heavy atom. The average Bonchev–Trinajstić information content (AvgIpc) is 3.10. The molecule has 27 heavy (non-hydrogen) atoms. The van der Waals surface area contributed by atoms with Gasteiger partial charge in [0.1, 0.15) is 23.6 Å². The van der Waals surface area contributed by atoms with Crippen molar-refractivity contribution in [3.05, 3.63) is 77.4 Å². The standard InChI is InChI=1S/C23H21NO3/c1-15-5-4-6-17(11-15)23-24-21-13-20(9-10-22(21)27-23)26-14-18-7-8-19(25-3)12-16(18)2/h4-13H,14H2,1-3H3. The largest absolute Gasteiger partial charge is 0.497 e. The summed E-state index contributed by atoms with van der Waals surface area (Å²) in [7, 11) is 1.67. The first-order valence-electron chi connectivity index (χ1n) is 8.86. The van der Waals surface area contributed by atoms with E-state index in [1.807, 2.05) is 48.5 Å². The lowest BCUT2D eigenvalue weighted by atomic mass is 10.1. The molecular formula is C23H21NO3. The van der Waals surface area contributed by atoms with Crippen molar-refractivity contribution in [1.29, 1.82) is 0 Å². The number of fused-ring (bicyclic) bond motifs is 1. The van der Waals surface area contributed by atoms with Gasteiger partial charge < -0.3 is 13.9 Å². The molecule has 0 N–H and O–H groups in total. The number of methoxy groups -OCH3 is 1. The fourth-order valence-electron chi connectivity index (χ4n) is 3.02. The first-order valence-corrected chi connectivity index (χ1v) is 8.86. The molecule has 0 saturated carbocycles. The maximum absolute atomic E-state index is 5.97. The second-order valence-corrected chi connectivity index (χ2v) is 6.60. The van der Waals surface area contributed by atoms with Crippen molar-refractivity contribution in [2.45, 2.75) is 20.5 Å². The van der Waals surface area contributed by atoms with Crippen molar-refractivity contribution in [3.63, 3.8) is 0 Å². The molecule has 0 spiro atoms. The first kappa shape index (κ1) is 17.2. The van der Waals surface area contributed by atoms with Gasteiger partial charge in [-0.25, -0.2) is 4.98 Å². The molecule has 1 heterocycles. The van der Waals surface area contributed by atoms with Crippen LogP contribution in [0.3, 0.4) is 0 Å². The Bertz CT molecular complexity index is 1100. The second kappa shape index (κ2) is 7.16. The minimum absolute atomic E-state index is 0.490. The van der Waals surface area contributed by atoms with Crippen molar-refractivity contribution in [3.8, 4) is 23.0 Å². The molecule has 3 aromatic carbocycles. The summed E-state index contributed by atoms with van der Waals surface area (Å²) in [6.45, 7) is 4.60. The lowest BCUT2D eigenvalue weighted by Gasteiger charge is -2.10. The van der Waals surface area contributed by atoms with Crippen LogP contribution in [0.25, 0.3) is 22.6 Å². The summed E-state index contributed by atoms with van der Waals surface area (Å²) in [5.41, 5.74) is 5.95. The summed E-state index contributed by atoms with van der Waals surface area (Å²) in [6.07, 6.45) is 0. The first-order chi connectivity index (χ1) is 13.1. The van der Waals surface area contributed by atoms with Gasteiger partial charge >= 0.3 is 0 Å². The van der Waals surface area contributed by atoms with Gasteiger partial charge in [-0.05, 0) is 61.4 Å². The zero-order valence-electron chi connectivity index (χ0n) is 15.7. The lowest BCUT2D eigenvalue weighted by molar-refractivity contribution is 0.305. The maximum Gasteiger partial charge on any atom is 0.227 e. The molecule has 0 aliphatic heterocycles. The quantitative estimate of drug-likeness (QED) is 0.458. The third-order valence-electron chi connectivity index (χ3n) is 4.57. The van der Waals surface area contributed by atoms with Gasteiger partial charge in [0.25, 0.3) is 0 Å². The Morgan fingerprint density at radius 2 is 1.78 bits per heavy atom. The van der Waals surface area contributed by atoms with Crippen molar-refractivity contribution >= 4 is 11.1 Å². The van der Waals surface area contributed by atoms with Gasteiger partial charge in [0.15, 0.2) is 5.58 Å². The fraction of sp³-hybridized carbons (Fsp3) is 0.174. The number of aromatic nitrogens is 1. The summed E-state index contributed by atoms with van der Waals surface area (Å²) in [4.78, 5) is 4.62. The molecule has 1 aromatic heterocycles. The smallest absolute Gasteiger partial charge is 0.227 e. The van der Waals surface area contributed by atoms with Crippen molar-refractivity contribution in [2.75, 3.05) is 7.11 Å². The molecule has 4 nitrogen and oxygen atoms in total. The van der Waals surface area contributed by atoms with Gasteiger partial charge in [-0.1, -0.05) is 23.8 Å². The number of hydrogen-bond donors (Lipinski definition) is 0. The van der Waals surface area contributed by atoms with E-state index in [4.69, 9.17) is 13.9 Å². The lowest BCUT2D eigenvalue weighted by Crippen LogP contribution is -1.98. The molecule has 0 fully saturated rings. The normalized spacial score (nSPS) is 10.9. The van der Waals surface area contributed by atoms with E-state index in [9.17, 15) is 0 Å². The maximum atomic E-state index is 5.97. The van der Waals surface area contributed by atoms with Crippen LogP contribution in [0.1, 0.15) is 16.7 Å². The Hall–Kier alpha value is -3.27. The highest BCUT2D eigenvalue weighted by atomic mass is 16.5. The van der Waals surface area contributed by atoms with E-state index in [0.717, 1.165) is 39.3 Å². The topological polar surface area (TPSA) is 44.5 Å². The molecule has 4 heteroatoms. The third kappa shape index (κ3) is 3.65. The van der Waals surface area contributed by atoms with Crippen molar-refractivity contribution < 1.29 is 13.9 Å². The minimum atomic E-state index is 0.490. The van der Waals surface area contributed by atoms with Crippen LogP contribution in [0, 0.1) is 13.8 Å². The highest BCUT2D eigenvalue weighted by Crippen LogP contribution is 2.28. The summed E-state index contributed by atoms with van der Waals surface area (Å²) in [6, 6.07) is 19.8. The Kier molecular flexibility index (Phi) is 4.55. The van der Waals surface area contributed by atoms with Crippen molar-refractivity contribution in [1.82, 2.24) is 4.98 Å². The molecular weight excluding hydrogens is 338 g/mol. The number of oxazole rings is 1. The van der Waals surface area contributed by atoms with Crippen LogP contribution in [0.15, 0.2) is 65.1 Å². The molecule has 0 saturated heterocycles. The predicted molar refractivity (Wildman–Crippen MR) is 106 cm³/mol. The van der Waals surface area contributed by atoms with Crippen molar-refractivity contribution in [2.24, 2.45) is 0 Å². The molecule has 0 atom stereocenters. The Morgan fingerprint density at radius 3 is 2.56 bits per heavy atom. The van der Waals surface area contributed by atoms with Crippen LogP contribution < -0.4 is 9.47 Å². The minimum Gasteiger partial charge on any atom is -0.497 e. The van der Waals surface area contributed by atoms with Crippen LogP contribution in [0.2, 0.25) is 0 Å².